The number of carbonyl (C=O) groups excluding carboxylic acids is 2. The maximum absolute atomic E-state index is 12.5. The molecule has 2 fully saturated rings. The lowest BCUT2D eigenvalue weighted by molar-refractivity contribution is -0.154. The van der Waals surface area contributed by atoms with Crippen LogP contribution in [0.1, 0.15) is 38.2 Å². The fourth-order valence-corrected chi connectivity index (χ4v) is 3.79. The lowest BCUT2D eigenvalue weighted by Gasteiger charge is -2.26. The molecular formula is C19H21NO3. The zero-order valence-corrected chi connectivity index (χ0v) is 13.3. The van der Waals surface area contributed by atoms with E-state index in [1.54, 1.807) is 11.8 Å². The number of benzene rings is 1. The van der Waals surface area contributed by atoms with Gasteiger partial charge in [-0.2, -0.15) is 0 Å². The molecule has 4 heteroatoms. The van der Waals surface area contributed by atoms with Crippen molar-refractivity contribution in [1.29, 1.82) is 0 Å². The highest BCUT2D eigenvalue weighted by atomic mass is 16.5. The molecule has 3 rings (SSSR count). The molecule has 0 spiro atoms. The maximum Gasteiger partial charge on any atom is 0.329 e. The molecule has 1 aromatic rings. The quantitative estimate of drug-likeness (QED) is 0.636. The number of esters is 1. The first-order valence-electron chi connectivity index (χ1n) is 8.16. The Kier molecular flexibility index (Phi) is 4.66. The van der Waals surface area contributed by atoms with Gasteiger partial charge in [-0.05, 0) is 43.6 Å². The Bertz CT molecular complexity index is 644. The van der Waals surface area contributed by atoms with Gasteiger partial charge in [-0.25, -0.2) is 4.79 Å². The predicted octanol–water partition coefficient (Wildman–Crippen LogP) is 2.52. The molecule has 1 aromatic carbocycles. The van der Waals surface area contributed by atoms with Crippen molar-refractivity contribution in [3.05, 3.63) is 35.9 Å². The first-order valence-corrected chi connectivity index (χ1v) is 8.16. The Morgan fingerprint density at radius 1 is 1.26 bits per heavy atom. The summed E-state index contributed by atoms with van der Waals surface area (Å²) in [5.41, 5.74) is 0.949. The molecule has 0 bridgehead atoms. The van der Waals surface area contributed by atoms with E-state index in [4.69, 9.17) is 4.74 Å². The van der Waals surface area contributed by atoms with E-state index < -0.39 is 6.04 Å². The Morgan fingerprint density at radius 2 is 2.04 bits per heavy atom. The molecule has 2 aliphatic rings. The van der Waals surface area contributed by atoms with Gasteiger partial charge in [-0.15, -0.1) is 0 Å². The molecule has 4 nitrogen and oxygen atoms in total. The summed E-state index contributed by atoms with van der Waals surface area (Å²) in [5, 5.41) is 0. The van der Waals surface area contributed by atoms with Crippen LogP contribution in [0.5, 0.6) is 0 Å². The monoisotopic (exact) mass is 311 g/mol. The molecule has 0 radical (unpaired) electrons. The van der Waals surface area contributed by atoms with Crippen LogP contribution >= 0.6 is 0 Å². The predicted molar refractivity (Wildman–Crippen MR) is 86.1 cm³/mol. The SMILES string of the molecule is CC#CC(=O)N1[C@H](C(=O)OCc2ccccc2)C[C@@H]2CCC[C@@H]21. The Labute approximate surface area is 136 Å². The summed E-state index contributed by atoms with van der Waals surface area (Å²) in [4.78, 5) is 26.5. The second-order valence-corrected chi connectivity index (χ2v) is 6.19. The average molecular weight is 311 g/mol. The summed E-state index contributed by atoms with van der Waals surface area (Å²) in [7, 11) is 0. The van der Waals surface area contributed by atoms with E-state index in [9.17, 15) is 9.59 Å². The standard InChI is InChI=1S/C19H21NO3/c1-2-7-18(21)20-16-11-6-10-15(16)12-17(20)19(22)23-13-14-8-4-3-5-9-14/h3-5,8-9,15-17H,6,10-13H2,1H3/t15-,16-,17-/m0/s1. The lowest BCUT2D eigenvalue weighted by atomic mass is 10.0. The highest BCUT2D eigenvalue weighted by molar-refractivity contribution is 5.97. The normalized spacial score (nSPS) is 25.4. The van der Waals surface area contributed by atoms with Gasteiger partial charge in [0.05, 0.1) is 0 Å². The van der Waals surface area contributed by atoms with Crippen molar-refractivity contribution in [2.45, 2.75) is 51.3 Å². The second-order valence-electron chi connectivity index (χ2n) is 6.19. The van der Waals surface area contributed by atoms with Gasteiger partial charge in [0.15, 0.2) is 0 Å². The van der Waals surface area contributed by atoms with E-state index in [0.717, 1.165) is 24.8 Å². The Morgan fingerprint density at radius 3 is 2.78 bits per heavy atom. The summed E-state index contributed by atoms with van der Waals surface area (Å²) in [5.74, 6) is 5.09. The van der Waals surface area contributed by atoms with Crippen LogP contribution in [0.4, 0.5) is 0 Å². The molecule has 120 valence electrons. The molecule has 1 heterocycles. The molecule has 1 amide bonds. The summed E-state index contributed by atoms with van der Waals surface area (Å²) in [6.45, 7) is 1.88. The number of nitrogens with zero attached hydrogens (tertiary/aromatic N) is 1. The summed E-state index contributed by atoms with van der Waals surface area (Å²) >= 11 is 0. The van der Waals surface area contributed by atoms with Crippen LogP contribution < -0.4 is 0 Å². The Balaban J connectivity index is 1.70. The van der Waals surface area contributed by atoms with Crippen molar-refractivity contribution in [2.24, 2.45) is 5.92 Å². The fourth-order valence-electron chi connectivity index (χ4n) is 3.79. The van der Waals surface area contributed by atoms with Gasteiger partial charge < -0.3 is 9.64 Å². The summed E-state index contributed by atoms with van der Waals surface area (Å²) in [6.07, 6.45) is 3.86. The number of hydrogen-bond donors (Lipinski definition) is 0. The largest absolute Gasteiger partial charge is 0.459 e. The van der Waals surface area contributed by atoms with E-state index >= 15 is 0 Å². The van der Waals surface area contributed by atoms with Crippen molar-refractivity contribution in [2.75, 3.05) is 0 Å². The number of hydrogen-bond acceptors (Lipinski definition) is 3. The molecule has 3 atom stereocenters. The number of likely N-dealkylation sites (tertiary alicyclic amines) is 1. The van der Waals surface area contributed by atoms with Crippen molar-refractivity contribution in [3.8, 4) is 11.8 Å². The number of rotatable bonds is 3. The molecule has 0 unspecified atom stereocenters. The van der Waals surface area contributed by atoms with Gasteiger partial charge in [0.2, 0.25) is 0 Å². The van der Waals surface area contributed by atoms with Gasteiger partial charge >= 0.3 is 5.97 Å². The van der Waals surface area contributed by atoms with Crippen LogP contribution in [0.3, 0.4) is 0 Å². The average Bonchev–Trinajstić information content (AvgIpc) is 3.14. The van der Waals surface area contributed by atoms with Crippen LogP contribution in [0.2, 0.25) is 0 Å². The smallest absolute Gasteiger partial charge is 0.329 e. The van der Waals surface area contributed by atoms with E-state index in [1.165, 1.54) is 0 Å². The van der Waals surface area contributed by atoms with Crippen molar-refractivity contribution in [3.63, 3.8) is 0 Å². The fraction of sp³-hybridized carbons (Fsp3) is 0.474. The molecular weight excluding hydrogens is 290 g/mol. The third kappa shape index (κ3) is 3.24. The van der Waals surface area contributed by atoms with Crippen LogP contribution in [-0.4, -0.2) is 28.9 Å². The molecule has 0 aromatic heterocycles. The van der Waals surface area contributed by atoms with Crippen molar-refractivity contribution >= 4 is 11.9 Å². The van der Waals surface area contributed by atoms with E-state index in [1.807, 2.05) is 30.3 Å². The molecule has 1 saturated heterocycles. The van der Waals surface area contributed by atoms with Crippen LogP contribution in [-0.2, 0) is 20.9 Å². The number of amides is 1. The molecule has 23 heavy (non-hydrogen) atoms. The van der Waals surface area contributed by atoms with Gasteiger partial charge in [0.25, 0.3) is 5.91 Å². The number of carbonyl (C=O) groups is 2. The minimum absolute atomic E-state index is 0.151. The minimum Gasteiger partial charge on any atom is -0.459 e. The highest BCUT2D eigenvalue weighted by Gasteiger charge is 2.48. The van der Waals surface area contributed by atoms with Crippen molar-refractivity contribution < 1.29 is 14.3 Å². The molecule has 1 aliphatic heterocycles. The minimum atomic E-state index is -0.484. The lowest BCUT2D eigenvalue weighted by Crippen LogP contribution is -2.45. The molecule has 1 aliphatic carbocycles. The second kappa shape index (κ2) is 6.87. The van der Waals surface area contributed by atoms with E-state index in [2.05, 4.69) is 11.8 Å². The first-order chi connectivity index (χ1) is 11.2. The third-order valence-corrected chi connectivity index (χ3v) is 4.80. The molecule has 0 N–H and O–H groups in total. The maximum atomic E-state index is 12.5. The van der Waals surface area contributed by atoms with Crippen LogP contribution in [0, 0.1) is 17.8 Å². The van der Waals surface area contributed by atoms with E-state index in [0.29, 0.717) is 12.3 Å². The van der Waals surface area contributed by atoms with Gasteiger partial charge in [0.1, 0.15) is 12.6 Å². The first kappa shape index (κ1) is 15.6. The van der Waals surface area contributed by atoms with Gasteiger partial charge in [0, 0.05) is 6.04 Å². The third-order valence-electron chi connectivity index (χ3n) is 4.80. The Hall–Kier alpha value is -2.28. The highest BCUT2D eigenvalue weighted by Crippen LogP contribution is 2.41. The summed E-state index contributed by atoms with van der Waals surface area (Å²) < 4.78 is 5.45. The number of ether oxygens (including phenoxy) is 1. The van der Waals surface area contributed by atoms with Crippen molar-refractivity contribution in [1.82, 2.24) is 4.90 Å². The zero-order chi connectivity index (χ0) is 16.2. The van der Waals surface area contributed by atoms with Gasteiger partial charge in [-0.3, -0.25) is 4.79 Å². The number of fused-ring (bicyclic) bond motifs is 1. The van der Waals surface area contributed by atoms with Crippen LogP contribution in [0.15, 0.2) is 30.3 Å². The van der Waals surface area contributed by atoms with Crippen LogP contribution in [0.25, 0.3) is 0 Å². The summed E-state index contributed by atoms with van der Waals surface area (Å²) in [6, 6.07) is 9.25. The molecule has 1 saturated carbocycles. The van der Waals surface area contributed by atoms with E-state index in [-0.39, 0.29) is 24.5 Å². The topological polar surface area (TPSA) is 46.6 Å². The zero-order valence-electron chi connectivity index (χ0n) is 13.3. The van der Waals surface area contributed by atoms with Gasteiger partial charge in [-0.1, -0.05) is 42.7 Å².